The average Bonchev–Trinajstić information content (AvgIpc) is 3.01. The minimum Gasteiger partial charge on any atom is -0.370 e. The summed E-state index contributed by atoms with van der Waals surface area (Å²) in [5, 5.41) is 13.5. The van der Waals surface area contributed by atoms with Crippen molar-refractivity contribution in [2.24, 2.45) is 7.05 Å². The van der Waals surface area contributed by atoms with E-state index in [1.807, 2.05) is 30.9 Å². The van der Waals surface area contributed by atoms with Crippen LogP contribution in [0, 0.1) is 6.92 Å². The summed E-state index contributed by atoms with van der Waals surface area (Å²) in [4.78, 5) is 4.52. The molecule has 0 fully saturated rings. The first-order valence-electron chi connectivity index (χ1n) is 6.81. The smallest absolute Gasteiger partial charge is 0.183 e. The second-order valence-electron chi connectivity index (χ2n) is 5.23. The zero-order valence-corrected chi connectivity index (χ0v) is 11.5. The van der Waals surface area contributed by atoms with Gasteiger partial charge in [0.2, 0.25) is 0 Å². The minimum atomic E-state index is 0.216. The highest BCUT2D eigenvalue weighted by Gasteiger charge is 2.26. The third-order valence-corrected chi connectivity index (χ3v) is 3.91. The van der Waals surface area contributed by atoms with Crippen molar-refractivity contribution in [3.63, 3.8) is 0 Å². The number of hydrogen-bond donors (Lipinski definition) is 1. The Morgan fingerprint density at radius 1 is 1.30 bits per heavy atom. The van der Waals surface area contributed by atoms with Crippen LogP contribution in [0.3, 0.4) is 0 Å². The second kappa shape index (κ2) is 4.06. The molecule has 0 saturated carbocycles. The molecule has 0 aromatic carbocycles. The Kier molecular flexibility index (Phi) is 2.33. The van der Waals surface area contributed by atoms with Crippen molar-refractivity contribution in [1.82, 2.24) is 24.5 Å². The van der Waals surface area contributed by atoms with E-state index >= 15 is 0 Å². The van der Waals surface area contributed by atoms with E-state index in [0.717, 1.165) is 35.5 Å². The monoisotopic (exact) mass is 268 g/mol. The van der Waals surface area contributed by atoms with E-state index in [0.29, 0.717) is 0 Å². The number of anilines is 1. The third kappa shape index (κ3) is 1.54. The number of rotatable bonds is 1. The van der Waals surface area contributed by atoms with E-state index in [1.54, 1.807) is 0 Å². The Labute approximate surface area is 116 Å². The number of pyridine rings is 1. The SMILES string of the molecule is Cc1ccc2c3n(nc2n1)C(c1ccnn1C)CCN3. The molecule has 3 aromatic rings. The van der Waals surface area contributed by atoms with Gasteiger partial charge in [0.1, 0.15) is 5.82 Å². The maximum absolute atomic E-state index is 4.69. The summed E-state index contributed by atoms with van der Waals surface area (Å²) in [6, 6.07) is 6.40. The summed E-state index contributed by atoms with van der Waals surface area (Å²) in [5.74, 6) is 1.06. The van der Waals surface area contributed by atoms with Crippen LogP contribution in [0.4, 0.5) is 5.82 Å². The first-order valence-corrected chi connectivity index (χ1v) is 6.81. The Balaban J connectivity index is 1.93. The lowest BCUT2D eigenvalue weighted by Crippen LogP contribution is -2.25. The standard InChI is InChI=1S/C14H16N6/c1-9-3-4-10-13(17-9)18-20-12(5-7-15-14(10)20)11-6-8-16-19(11)2/h3-4,6,8,12,15H,5,7H2,1-2H3. The highest BCUT2D eigenvalue weighted by atomic mass is 15.4. The highest BCUT2D eigenvalue weighted by Crippen LogP contribution is 2.33. The molecule has 102 valence electrons. The fourth-order valence-corrected chi connectivity index (χ4v) is 2.92. The van der Waals surface area contributed by atoms with Crippen molar-refractivity contribution in [2.75, 3.05) is 11.9 Å². The molecule has 4 rings (SSSR count). The van der Waals surface area contributed by atoms with E-state index < -0.39 is 0 Å². The fraction of sp³-hybridized carbons (Fsp3) is 0.357. The van der Waals surface area contributed by atoms with Gasteiger partial charge in [0.25, 0.3) is 0 Å². The van der Waals surface area contributed by atoms with Gasteiger partial charge in [-0.3, -0.25) is 4.68 Å². The number of nitrogens with one attached hydrogen (secondary N) is 1. The zero-order valence-electron chi connectivity index (χ0n) is 11.5. The summed E-state index contributed by atoms with van der Waals surface area (Å²) in [6.07, 6.45) is 2.84. The normalized spacial score (nSPS) is 18.0. The first-order chi connectivity index (χ1) is 9.74. The van der Waals surface area contributed by atoms with Gasteiger partial charge >= 0.3 is 0 Å². The van der Waals surface area contributed by atoms with Crippen LogP contribution in [0.15, 0.2) is 24.4 Å². The zero-order chi connectivity index (χ0) is 13.7. The van der Waals surface area contributed by atoms with Crippen LogP contribution in [0.25, 0.3) is 11.0 Å². The van der Waals surface area contributed by atoms with E-state index in [9.17, 15) is 0 Å². The first kappa shape index (κ1) is 11.5. The van der Waals surface area contributed by atoms with Gasteiger partial charge in [0.15, 0.2) is 5.65 Å². The molecule has 6 heteroatoms. The van der Waals surface area contributed by atoms with Crippen molar-refractivity contribution in [3.05, 3.63) is 35.8 Å². The lowest BCUT2D eigenvalue weighted by Gasteiger charge is -2.25. The van der Waals surface area contributed by atoms with Crippen LogP contribution in [-0.2, 0) is 7.05 Å². The molecule has 1 aliphatic rings. The van der Waals surface area contributed by atoms with Crippen LogP contribution in [0.5, 0.6) is 0 Å². The van der Waals surface area contributed by atoms with E-state index in [4.69, 9.17) is 5.10 Å². The van der Waals surface area contributed by atoms with Crippen LogP contribution in [0.1, 0.15) is 23.9 Å². The Bertz CT molecular complexity index is 784. The summed E-state index contributed by atoms with van der Waals surface area (Å²) >= 11 is 0. The van der Waals surface area contributed by atoms with Gasteiger partial charge in [-0.05, 0) is 31.5 Å². The van der Waals surface area contributed by atoms with Crippen LogP contribution in [0.2, 0.25) is 0 Å². The van der Waals surface area contributed by atoms with Crippen LogP contribution in [-0.4, -0.2) is 31.1 Å². The van der Waals surface area contributed by atoms with Crippen LogP contribution >= 0.6 is 0 Å². The molecule has 1 unspecified atom stereocenters. The number of nitrogens with zero attached hydrogens (tertiary/aromatic N) is 5. The lowest BCUT2D eigenvalue weighted by atomic mass is 10.1. The molecule has 20 heavy (non-hydrogen) atoms. The lowest BCUT2D eigenvalue weighted by molar-refractivity contribution is 0.455. The van der Waals surface area contributed by atoms with Gasteiger partial charge in [-0.15, -0.1) is 5.10 Å². The largest absolute Gasteiger partial charge is 0.370 e. The summed E-state index contributed by atoms with van der Waals surface area (Å²) in [7, 11) is 1.97. The van der Waals surface area contributed by atoms with E-state index in [1.165, 1.54) is 5.69 Å². The molecule has 0 bridgehead atoms. The molecule has 0 aliphatic carbocycles. The maximum atomic E-state index is 4.69. The number of fused-ring (bicyclic) bond motifs is 3. The molecular formula is C14H16N6. The van der Waals surface area contributed by atoms with Crippen molar-refractivity contribution in [2.45, 2.75) is 19.4 Å². The van der Waals surface area contributed by atoms with E-state index in [-0.39, 0.29) is 6.04 Å². The molecule has 0 amide bonds. The molecular weight excluding hydrogens is 252 g/mol. The summed E-state index contributed by atoms with van der Waals surface area (Å²) in [5.41, 5.74) is 2.98. The predicted molar refractivity (Wildman–Crippen MR) is 76.7 cm³/mol. The Morgan fingerprint density at radius 2 is 2.20 bits per heavy atom. The molecule has 3 aromatic heterocycles. The predicted octanol–water partition coefficient (Wildman–Crippen LogP) is 1.88. The molecule has 0 radical (unpaired) electrons. The number of hydrogen-bond acceptors (Lipinski definition) is 4. The van der Waals surface area contributed by atoms with Gasteiger partial charge in [-0.25, -0.2) is 9.67 Å². The minimum absolute atomic E-state index is 0.216. The average molecular weight is 268 g/mol. The quantitative estimate of drug-likeness (QED) is 0.732. The van der Waals surface area contributed by atoms with Crippen LogP contribution < -0.4 is 5.32 Å². The molecule has 0 spiro atoms. The van der Waals surface area contributed by atoms with Gasteiger partial charge in [0.05, 0.1) is 17.1 Å². The van der Waals surface area contributed by atoms with Gasteiger partial charge in [-0.1, -0.05) is 0 Å². The Hall–Kier alpha value is -2.37. The van der Waals surface area contributed by atoms with Gasteiger partial charge in [0, 0.05) is 25.5 Å². The molecule has 4 heterocycles. The fourth-order valence-electron chi connectivity index (χ4n) is 2.92. The van der Waals surface area contributed by atoms with Crippen molar-refractivity contribution < 1.29 is 0 Å². The third-order valence-electron chi connectivity index (χ3n) is 3.91. The van der Waals surface area contributed by atoms with Gasteiger partial charge < -0.3 is 5.32 Å². The molecule has 1 atom stereocenters. The number of aryl methyl sites for hydroxylation is 2. The summed E-state index contributed by atoms with van der Waals surface area (Å²) < 4.78 is 3.97. The maximum Gasteiger partial charge on any atom is 0.183 e. The second-order valence-corrected chi connectivity index (χ2v) is 5.23. The van der Waals surface area contributed by atoms with Crippen molar-refractivity contribution >= 4 is 16.9 Å². The summed E-state index contributed by atoms with van der Waals surface area (Å²) in [6.45, 7) is 2.92. The van der Waals surface area contributed by atoms with E-state index in [2.05, 4.69) is 32.2 Å². The molecule has 0 saturated heterocycles. The van der Waals surface area contributed by atoms with Crippen molar-refractivity contribution in [1.29, 1.82) is 0 Å². The highest BCUT2D eigenvalue weighted by molar-refractivity contribution is 5.88. The molecule has 1 N–H and O–H groups in total. The number of aromatic nitrogens is 5. The molecule has 1 aliphatic heterocycles. The van der Waals surface area contributed by atoms with Crippen molar-refractivity contribution in [3.8, 4) is 0 Å². The van der Waals surface area contributed by atoms with Gasteiger partial charge in [-0.2, -0.15) is 5.10 Å². The molecule has 6 nitrogen and oxygen atoms in total. The Morgan fingerprint density at radius 3 is 3.00 bits per heavy atom. The topological polar surface area (TPSA) is 60.6 Å².